The van der Waals surface area contributed by atoms with Gasteiger partial charge in [-0.2, -0.15) is 0 Å². The van der Waals surface area contributed by atoms with E-state index >= 15 is 0 Å². The van der Waals surface area contributed by atoms with Crippen molar-refractivity contribution < 1.29 is 76.6 Å². The molecule has 33 heteroatoms. The molecule has 11 aliphatic rings. The van der Waals surface area contributed by atoms with Crippen LogP contribution in [0.15, 0.2) is 58.8 Å². The van der Waals surface area contributed by atoms with Gasteiger partial charge in [-0.1, -0.05) is 46.5 Å². The topological polar surface area (TPSA) is 231 Å². The minimum absolute atomic E-state index is 0.0229. The summed E-state index contributed by atoms with van der Waals surface area (Å²) in [6, 6.07) is -0.473. The molecule has 1 N–H and O–H groups in total. The summed E-state index contributed by atoms with van der Waals surface area (Å²) in [6.07, 6.45) is 15.0. The highest BCUT2D eigenvalue weighted by Gasteiger charge is 2.62. The van der Waals surface area contributed by atoms with Crippen LogP contribution in [0, 0.1) is 53.3 Å². The molecule has 6 aliphatic carbocycles. The number of likely N-dealkylation sites (tertiary alicyclic amines) is 3. The maximum Gasteiger partial charge on any atom is 0.417 e. The van der Waals surface area contributed by atoms with Crippen LogP contribution < -0.4 is 0 Å². The lowest BCUT2D eigenvalue weighted by atomic mass is 8.76. The van der Waals surface area contributed by atoms with Crippen LogP contribution in [0.1, 0.15) is 153 Å². The molecule has 11 rings (SSSR count). The lowest BCUT2D eigenvalue weighted by Crippen LogP contribution is -2.45. The zero-order valence-corrected chi connectivity index (χ0v) is 61.5. The van der Waals surface area contributed by atoms with Crippen LogP contribution in [0.5, 0.6) is 0 Å². The third-order valence-corrected chi connectivity index (χ3v) is 48.8. The number of esters is 2. The van der Waals surface area contributed by atoms with Gasteiger partial charge in [0.1, 0.15) is 16.8 Å². The Labute approximate surface area is 557 Å². The Hall–Kier alpha value is -2.68. The second kappa shape index (κ2) is 31.7. The van der Waals surface area contributed by atoms with Crippen LogP contribution in [0.4, 0.5) is 14.4 Å². The van der Waals surface area contributed by atoms with Gasteiger partial charge in [0, 0.05) is 91.8 Å². The SMILES string of the molecule is CC(C)(C)OC(=O)N1C(=O)/C(=C/O)[C@H]2C[C@@H]3CCC[C@@H]3[C@H]21.CC1=C[C@@H](O/C=C2/C(=O)N(C(=O)OC(C)(C)C)[C@@H]3[C@H]4CCC[C@H]4C[C@H]23)OC1=O.CC1=C[C@H](O/C=C2/C(=O)N(C(=O)OC(C)(C)C)[C@@H]3[C@H]4CCC[C@H]4C[C@H]23)OC1=O.PPP(P)P(P)P.[B][B]B([B])B([B])[B]. The molecule has 5 aliphatic heterocycles. The molecule has 6 unspecified atom stereocenters. The van der Waals surface area contributed by atoms with Crippen molar-refractivity contribution in [2.45, 2.75) is 201 Å². The summed E-state index contributed by atoms with van der Waals surface area (Å²) in [4.78, 5) is 104. The Bertz CT molecular complexity index is 2780. The van der Waals surface area contributed by atoms with E-state index in [1.165, 1.54) is 34.3 Å². The average Bonchev–Trinajstić information content (AvgIpc) is 1.60. The lowest BCUT2D eigenvalue weighted by Gasteiger charge is -2.29. The van der Waals surface area contributed by atoms with Crippen molar-refractivity contribution in [3.8, 4) is 0 Å². The number of ether oxygens (including phenoxy) is 7. The fourth-order valence-electron chi connectivity index (χ4n) is 14.7. The fourth-order valence-corrected chi connectivity index (χ4v) is 30.8. The number of carbonyl (C=O) groups excluding carboxylic acids is 8. The number of aliphatic hydroxyl groups excluding tert-OH is 1. The van der Waals surface area contributed by atoms with Crippen molar-refractivity contribution in [1.82, 2.24) is 14.7 Å². The molecule has 6 saturated carbocycles. The van der Waals surface area contributed by atoms with Crippen molar-refractivity contribution in [2.24, 2.45) is 53.3 Å². The minimum atomic E-state index is -0.831. The van der Waals surface area contributed by atoms with Gasteiger partial charge in [-0.25, -0.2) is 38.7 Å². The molecule has 9 radical (unpaired) electrons. The zero-order chi connectivity index (χ0) is 67.5. The lowest BCUT2D eigenvalue weighted by molar-refractivity contribution is -0.153. The van der Waals surface area contributed by atoms with Crippen LogP contribution in [0.2, 0.25) is 0 Å². The number of hydrogen-bond acceptors (Lipinski definition) is 16. The quantitative estimate of drug-likeness (QED) is 0.0595. The number of cyclic esters (lactones) is 2. The number of fused-ring (bicyclic) bond motifs is 9. The Morgan fingerprint density at radius 2 is 0.923 bits per heavy atom. The van der Waals surface area contributed by atoms with E-state index in [-0.39, 0.29) is 74.0 Å². The summed E-state index contributed by atoms with van der Waals surface area (Å²) in [6.45, 7) is 19.9. The highest BCUT2D eigenvalue weighted by Crippen LogP contribution is 2.92. The van der Waals surface area contributed by atoms with E-state index in [2.05, 4.69) is 35.7 Å². The largest absolute Gasteiger partial charge is 0.515 e. The summed E-state index contributed by atoms with van der Waals surface area (Å²) in [5, 5.41) is 9.42. The number of imide groups is 3. The van der Waals surface area contributed by atoms with E-state index in [0.717, 1.165) is 91.3 Å². The van der Waals surface area contributed by atoms with Crippen molar-refractivity contribution in [1.29, 1.82) is 0 Å². The van der Waals surface area contributed by atoms with Gasteiger partial charge in [-0.3, -0.25) is 14.4 Å². The van der Waals surface area contributed by atoms with Crippen LogP contribution in [0.25, 0.3) is 0 Å². The van der Waals surface area contributed by atoms with E-state index in [0.29, 0.717) is 63.4 Å². The van der Waals surface area contributed by atoms with Crippen LogP contribution in [0.3, 0.4) is 0 Å². The second-order valence-corrected chi connectivity index (χ2v) is 50.2. The summed E-state index contributed by atoms with van der Waals surface area (Å²) in [7, 11) is 34.0. The number of aliphatic hydroxyl groups is 1. The first-order valence-electron chi connectivity index (χ1n) is 31.2. The zero-order valence-electron chi connectivity index (χ0n) is 54.1. The molecule has 3 saturated heterocycles. The van der Waals surface area contributed by atoms with E-state index in [1.54, 1.807) is 88.3 Å². The first kappa shape index (κ1) is 75.7. The highest BCUT2D eigenvalue weighted by molar-refractivity contribution is 8.98. The molecule has 0 aromatic rings. The third-order valence-electron chi connectivity index (χ3n) is 18.3. The van der Waals surface area contributed by atoms with Crippen molar-refractivity contribution in [2.75, 3.05) is 0 Å². The first-order chi connectivity index (χ1) is 42.5. The normalized spacial score (nSPS) is 32.4. The standard InChI is InChI=1S/2C21H27NO6.C16H23NO4.B7.H9P7/c2*1-11-8-16(27-19(11)24)26-10-15-14-9-12-6-5-7-13(12)17(14)22(18(15)23)20(25)28-21(2,3)4;1-16(2,3)21-15(20)17-13-10-6-4-5-9(10)7-11(13)12(8-18)14(17)19;2*1-5-7(4)6(2)3/h2*8,10,12-14,16-17H,5-7,9H2,1-4H3;8-11,13,18H,4-7H2,1-3H3;;5H,1-4H2/b2*15-10+;12-8+;;/t12-,13-,14+,16+,17+;12-,13-,14+,16-,17+;9-,10-,11+,13+;;/m000../s1. The second-order valence-electron chi connectivity index (χ2n) is 28.0. The van der Waals surface area contributed by atoms with E-state index in [1.807, 2.05) is 0 Å². The Morgan fingerprint density at radius 1 is 0.604 bits per heavy atom. The van der Waals surface area contributed by atoms with E-state index in [9.17, 15) is 43.5 Å². The summed E-state index contributed by atoms with van der Waals surface area (Å²) in [5.41, 5.74) is 0.286. The number of hydrogen-bond donors (Lipinski definition) is 1. The van der Waals surface area contributed by atoms with Gasteiger partial charge < -0.3 is 38.3 Å². The van der Waals surface area contributed by atoms with Crippen LogP contribution in [-0.2, 0) is 57.1 Å². The van der Waals surface area contributed by atoms with Crippen LogP contribution >= 0.6 is 57.6 Å². The molecule has 6 amide bonds. The molecule has 0 bridgehead atoms. The van der Waals surface area contributed by atoms with E-state index < -0.39 is 66.0 Å². The molecule has 485 valence electrons. The number of carbonyl (C=O) groups is 8. The summed E-state index contributed by atoms with van der Waals surface area (Å²) in [5.74, 6) is 0.501. The monoisotopic (exact) mass is 1370 g/mol. The summed E-state index contributed by atoms with van der Waals surface area (Å²) >= 11 is 0. The van der Waals surface area contributed by atoms with Gasteiger partial charge in [0.2, 0.25) is 0 Å². The molecule has 0 aromatic heterocycles. The molecule has 0 aromatic carbocycles. The predicted octanol–water partition coefficient (Wildman–Crippen LogP) is 10.6. The minimum Gasteiger partial charge on any atom is -0.515 e. The van der Waals surface area contributed by atoms with Gasteiger partial charge in [-0.15, -0.1) is 35.7 Å². The van der Waals surface area contributed by atoms with Crippen LogP contribution in [-0.4, -0.2) is 166 Å². The first-order valence-corrected chi connectivity index (χ1v) is 43.1. The molecular formula is C58H86B7N3O16P7. The molecule has 20 atom stereocenters. The summed E-state index contributed by atoms with van der Waals surface area (Å²) < 4.78 is 37.8. The third kappa shape index (κ3) is 18.3. The number of rotatable bonds is 8. The molecular weight excluding hydrogens is 1290 g/mol. The Morgan fingerprint density at radius 3 is 1.15 bits per heavy atom. The van der Waals surface area contributed by atoms with Gasteiger partial charge in [0.15, 0.2) is 0 Å². The molecule has 9 fully saturated rings. The van der Waals surface area contributed by atoms with Crippen molar-refractivity contribution in [3.63, 3.8) is 0 Å². The van der Waals surface area contributed by atoms with E-state index in [4.69, 9.17) is 64.1 Å². The molecule has 0 spiro atoms. The predicted molar refractivity (Wildman–Crippen MR) is 375 cm³/mol. The smallest absolute Gasteiger partial charge is 0.417 e. The molecule has 91 heavy (non-hydrogen) atoms. The maximum absolute atomic E-state index is 13.1. The Balaban J connectivity index is 0.000000176. The van der Waals surface area contributed by atoms with Gasteiger partial charge in [-0.05, 0) is 164 Å². The number of nitrogens with zero attached hydrogens (tertiary/aromatic N) is 3. The fraction of sp³-hybridized carbons (Fsp3) is 0.690. The van der Waals surface area contributed by atoms with Gasteiger partial charge >= 0.3 is 30.2 Å². The Kier molecular flexibility index (Phi) is 26.4. The maximum atomic E-state index is 13.1. The molecule has 19 nitrogen and oxygen atoms in total. The van der Waals surface area contributed by atoms with Gasteiger partial charge in [0.25, 0.3) is 30.3 Å². The van der Waals surface area contributed by atoms with Crippen molar-refractivity contribution in [3.05, 3.63) is 58.8 Å². The van der Waals surface area contributed by atoms with Gasteiger partial charge in [0.05, 0.1) is 53.6 Å². The average molecular weight is 1370 g/mol. The van der Waals surface area contributed by atoms with Crippen molar-refractivity contribution >= 4 is 156 Å². The number of amides is 6. The molecule has 5 heterocycles. The highest BCUT2D eigenvalue weighted by atomic mass is 33.0.